The zero-order chi connectivity index (χ0) is 12.7. The minimum absolute atomic E-state index is 0.720. The van der Waals surface area contributed by atoms with Crippen molar-refractivity contribution < 1.29 is 4.74 Å². The van der Waals surface area contributed by atoms with Gasteiger partial charge in [-0.2, -0.15) is 0 Å². The summed E-state index contributed by atoms with van der Waals surface area (Å²) in [6.07, 6.45) is 3.16. The van der Waals surface area contributed by atoms with Crippen molar-refractivity contribution in [2.24, 2.45) is 7.05 Å². The summed E-state index contributed by atoms with van der Waals surface area (Å²) in [5, 5.41) is 1.34. The molecule has 0 unspecified atom stereocenters. The van der Waals surface area contributed by atoms with Crippen LogP contribution in [0, 0.1) is 0 Å². The molecule has 2 aromatic rings. The Kier molecular flexibility index (Phi) is 3.04. The van der Waals surface area contributed by atoms with E-state index in [4.69, 9.17) is 4.74 Å². The van der Waals surface area contributed by atoms with Gasteiger partial charge in [0.1, 0.15) is 0 Å². The van der Waals surface area contributed by atoms with Gasteiger partial charge < -0.3 is 9.30 Å². The van der Waals surface area contributed by atoms with Crippen molar-refractivity contribution in [3.63, 3.8) is 0 Å². The second kappa shape index (κ2) is 4.56. The van der Waals surface area contributed by atoms with Gasteiger partial charge in [-0.05, 0) is 24.6 Å². The third-order valence-electron chi connectivity index (χ3n) is 3.67. The number of hydrogen-bond acceptors (Lipinski definition) is 1. The summed E-state index contributed by atoms with van der Waals surface area (Å²) >= 11 is 3.55. The van der Waals surface area contributed by atoms with Gasteiger partial charge in [0.2, 0.25) is 0 Å². The van der Waals surface area contributed by atoms with E-state index in [1.165, 1.54) is 27.7 Å². The van der Waals surface area contributed by atoms with Crippen molar-refractivity contribution in [1.82, 2.24) is 4.57 Å². The van der Waals surface area contributed by atoms with Crippen LogP contribution in [-0.2, 0) is 18.2 Å². The third kappa shape index (κ3) is 1.82. The summed E-state index contributed by atoms with van der Waals surface area (Å²) in [6.45, 7) is 3.69. The minimum atomic E-state index is 0.720. The Morgan fingerprint density at radius 1 is 1.33 bits per heavy atom. The van der Waals surface area contributed by atoms with E-state index < -0.39 is 0 Å². The second-order valence-corrected chi connectivity index (χ2v) is 5.67. The van der Waals surface area contributed by atoms with Crippen LogP contribution in [0.3, 0.4) is 0 Å². The predicted octanol–water partition coefficient (Wildman–Crippen LogP) is 3.92. The van der Waals surface area contributed by atoms with Crippen LogP contribution in [0.2, 0.25) is 0 Å². The largest absolute Gasteiger partial charge is 0.377 e. The van der Waals surface area contributed by atoms with Crippen LogP contribution in [0.5, 0.6) is 0 Å². The molecular formula is C15H16BrNO. The molecule has 0 bridgehead atoms. The molecule has 1 aliphatic heterocycles. The topological polar surface area (TPSA) is 14.2 Å². The maximum Gasteiger partial charge on any atom is 0.0653 e. The molecule has 0 saturated heterocycles. The number of aryl methyl sites for hydroxylation is 1. The maximum atomic E-state index is 5.58. The fraction of sp³-hybridized carbons (Fsp3) is 0.333. The molecule has 3 rings (SSSR count). The van der Waals surface area contributed by atoms with Crippen molar-refractivity contribution in [3.8, 4) is 0 Å². The first-order chi connectivity index (χ1) is 8.68. The highest BCUT2D eigenvalue weighted by Crippen LogP contribution is 2.33. The average Bonchev–Trinajstić information content (AvgIpc) is 2.59. The van der Waals surface area contributed by atoms with Crippen molar-refractivity contribution in [1.29, 1.82) is 0 Å². The smallest absolute Gasteiger partial charge is 0.0653 e. The molecule has 0 spiro atoms. The van der Waals surface area contributed by atoms with Gasteiger partial charge >= 0.3 is 0 Å². The fourth-order valence-corrected chi connectivity index (χ4v) is 3.08. The third-order valence-corrected chi connectivity index (χ3v) is 4.16. The van der Waals surface area contributed by atoms with E-state index in [0.717, 1.165) is 24.1 Å². The number of fused-ring (bicyclic) bond motifs is 3. The zero-order valence-electron chi connectivity index (χ0n) is 10.7. The van der Waals surface area contributed by atoms with Gasteiger partial charge in [0.05, 0.1) is 13.2 Å². The van der Waals surface area contributed by atoms with Crippen LogP contribution in [0.4, 0.5) is 0 Å². The molecule has 1 aromatic carbocycles. The standard InChI is InChI=1S/C15H16BrNO/c1-10-5-7-18-8-6-13-15(10)12-4-3-11(16)9-14(12)17(13)2/h3-5,9H,6-8H2,1-2H3/b10-5-. The van der Waals surface area contributed by atoms with Gasteiger partial charge in [0.15, 0.2) is 0 Å². The van der Waals surface area contributed by atoms with Crippen LogP contribution in [-0.4, -0.2) is 17.8 Å². The number of halogens is 1. The molecule has 0 saturated carbocycles. The summed E-state index contributed by atoms with van der Waals surface area (Å²) in [5.41, 5.74) is 5.36. The van der Waals surface area contributed by atoms with E-state index in [1.807, 2.05) is 0 Å². The molecule has 2 heterocycles. The van der Waals surface area contributed by atoms with Crippen molar-refractivity contribution >= 4 is 32.4 Å². The lowest BCUT2D eigenvalue weighted by molar-refractivity contribution is 0.164. The fourth-order valence-electron chi connectivity index (χ4n) is 2.73. The molecule has 2 nitrogen and oxygen atoms in total. The zero-order valence-corrected chi connectivity index (χ0v) is 12.3. The minimum Gasteiger partial charge on any atom is -0.377 e. The maximum absolute atomic E-state index is 5.58. The number of nitrogens with zero attached hydrogens (tertiary/aromatic N) is 1. The van der Waals surface area contributed by atoms with E-state index in [2.05, 4.69) is 58.7 Å². The number of ether oxygens (including phenoxy) is 1. The van der Waals surface area contributed by atoms with Crippen molar-refractivity contribution in [2.45, 2.75) is 13.3 Å². The van der Waals surface area contributed by atoms with Crippen LogP contribution in [0.1, 0.15) is 18.2 Å². The monoisotopic (exact) mass is 305 g/mol. The molecule has 1 aliphatic rings. The Hall–Kier alpha value is -1.06. The van der Waals surface area contributed by atoms with E-state index >= 15 is 0 Å². The number of rotatable bonds is 0. The Morgan fingerprint density at radius 2 is 2.17 bits per heavy atom. The highest BCUT2D eigenvalue weighted by Gasteiger charge is 2.17. The first-order valence-corrected chi connectivity index (χ1v) is 6.99. The summed E-state index contributed by atoms with van der Waals surface area (Å²) in [4.78, 5) is 0. The summed E-state index contributed by atoms with van der Waals surface area (Å²) < 4.78 is 9.00. The first kappa shape index (κ1) is 12.0. The summed E-state index contributed by atoms with van der Waals surface area (Å²) in [7, 11) is 2.14. The summed E-state index contributed by atoms with van der Waals surface area (Å²) in [6, 6.07) is 6.51. The van der Waals surface area contributed by atoms with E-state index in [1.54, 1.807) is 0 Å². The van der Waals surface area contributed by atoms with Gasteiger partial charge in [0, 0.05) is 40.1 Å². The Morgan fingerprint density at radius 3 is 3.00 bits per heavy atom. The lowest BCUT2D eigenvalue weighted by atomic mass is 10.0. The average molecular weight is 306 g/mol. The molecule has 0 amide bonds. The quantitative estimate of drug-likeness (QED) is 0.719. The predicted molar refractivity (Wildman–Crippen MR) is 78.8 cm³/mol. The van der Waals surface area contributed by atoms with Crippen LogP contribution >= 0.6 is 15.9 Å². The number of aromatic nitrogens is 1. The van der Waals surface area contributed by atoms with Crippen molar-refractivity contribution in [3.05, 3.63) is 40.0 Å². The molecular weight excluding hydrogens is 290 g/mol. The van der Waals surface area contributed by atoms with E-state index in [9.17, 15) is 0 Å². The summed E-state index contributed by atoms with van der Waals surface area (Å²) in [5.74, 6) is 0. The highest BCUT2D eigenvalue weighted by molar-refractivity contribution is 9.10. The molecule has 0 aliphatic carbocycles. The normalized spacial score (nSPS) is 18.9. The van der Waals surface area contributed by atoms with Gasteiger partial charge in [-0.15, -0.1) is 0 Å². The molecule has 0 N–H and O–H groups in total. The molecule has 0 atom stereocenters. The van der Waals surface area contributed by atoms with Gasteiger partial charge in [-0.1, -0.05) is 28.1 Å². The van der Waals surface area contributed by atoms with E-state index in [0.29, 0.717) is 0 Å². The van der Waals surface area contributed by atoms with Crippen LogP contribution in [0.25, 0.3) is 16.5 Å². The van der Waals surface area contributed by atoms with Crippen LogP contribution in [0.15, 0.2) is 28.7 Å². The van der Waals surface area contributed by atoms with Gasteiger partial charge in [-0.25, -0.2) is 0 Å². The first-order valence-electron chi connectivity index (χ1n) is 6.20. The number of benzene rings is 1. The van der Waals surface area contributed by atoms with E-state index in [-0.39, 0.29) is 0 Å². The molecule has 0 fully saturated rings. The van der Waals surface area contributed by atoms with Gasteiger partial charge in [0.25, 0.3) is 0 Å². The lowest BCUT2D eigenvalue weighted by Gasteiger charge is -2.12. The number of allylic oxidation sites excluding steroid dienone is 1. The Labute approximate surface area is 115 Å². The molecule has 18 heavy (non-hydrogen) atoms. The Balaban J connectivity index is 2.37. The second-order valence-electron chi connectivity index (χ2n) is 4.75. The Bertz CT molecular complexity index is 639. The molecule has 1 aromatic heterocycles. The van der Waals surface area contributed by atoms with Crippen LogP contribution < -0.4 is 0 Å². The van der Waals surface area contributed by atoms with Crippen molar-refractivity contribution in [2.75, 3.05) is 13.2 Å². The SMILES string of the molecule is C/C1=C/COCCc2c1c1ccc(Br)cc1n2C. The molecule has 0 radical (unpaired) electrons. The highest BCUT2D eigenvalue weighted by atomic mass is 79.9. The van der Waals surface area contributed by atoms with Gasteiger partial charge in [-0.3, -0.25) is 0 Å². The number of hydrogen-bond donors (Lipinski definition) is 0. The molecule has 94 valence electrons. The lowest BCUT2D eigenvalue weighted by Crippen LogP contribution is -2.07. The molecule has 3 heteroatoms.